The van der Waals surface area contributed by atoms with Crippen LogP contribution in [0.3, 0.4) is 0 Å². The summed E-state index contributed by atoms with van der Waals surface area (Å²) in [4.78, 5) is 15.4. The van der Waals surface area contributed by atoms with Crippen LogP contribution in [0.4, 0.5) is 5.82 Å². The molecule has 0 radical (unpaired) electrons. The van der Waals surface area contributed by atoms with Gasteiger partial charge >= 0.3 is 0 Å². The largest absolute Gasteiger partial charge is 0.365 e. The van der Waals surface area contributed by atoms with Crippen LogP contribution in [0.15, 0.2) is 30.7 Å². The fourth-order valence-electron chi connectivity index (χ4n) is 1.80. The Morgan fingerprint density at radius 3 is 2.84 bits per heavy atom. The number of nitrogens with two attached hydrogens (primary N) is 2. The highest BCUT2D eigenvalue weighted by atomic mass is 16.1. The van der Waals surface area contributed by atoms with Crippen molar-refractivity contribution >= 4 is 11.7 Å². The van der Waals surface area contributed by atoms with Crippen LogP contribution in [0.1, 0.15) is 21.7 Å². The van der Waals surface area contributed by atoms with Gasteiger partial charge in [-0.3, -0.25) is 4.79 Å². The number of rotatable bonds is 3. The Balaban J connectivity index is 2.33. The Morgan fingerprint density at radius 1 is 1.42 bits per heavy atom. The lowest BCUT2D eigenvalue weighted by Gasteiger charge is -2.01. The molecule has 0 fully saturated rings. The lowest BCUT2D eigenvalue weighted by atomic mass is 10.2. The summed E-state index contributed by atoms with van der Waals surface area (Å²) in [6.45, 7) is 2.43. The van der Waals surface area contributed by atoms with Crippen LogP contribution in [0.25, 0.3) is 0 Å². The Bertz CT molecular complexity index is 639. The van der Waals surface area contributed by atoms with E-state index >= 15 is 0 Å². The van der Waals surface area contributed by atoms with E-state index in [1.54, 1.807) is 18.3 Å². The summed E-state index contributed by atoms with van der Waals surface area (Å²) in [5.41, 5.74) is 12.5. The van der Waals surface area contributed by atoms with E-state index in [1.165, 1.54) is 0 Å². The van der Waals surface area contributed by atoms with E-state index in [2.05, 4.69) is 4.98 Å². The number of amides is 1. The molecule has 2 aromatic rings. The number of carbonyl (C=O) groups excluding carboxylic acids is 1. The first-order valence-corrected chi connectivity index (χ1v) is 5.88. The monoisotopic (exact) mass is 259 g/mol. The van der Waals surface area contributed by atoms with Gasteiger partial charge in [0.25, 0.3) is 17.5 Å². The first-order valence-electron chi connectivity index (χ1n) is 5.88. The van der Waals surface area contributed by atoms with Crippen molar-refractivity contribution in [3.05, 3.63) is 47.7 Å². The van der Waals surface area contributed by atoms with Gasteiger partial charge in [0.15, 0.2) is 18.9 Å². The molecule has 0 aliphatic carbocycles. The number of nitrogens with zero attached hydrogens (tertiary/aromatic N) is 3. The van der Waals surface area contributed by atoms with Crippen molar-refractivity contribution in [1.82, 2.24) is 4.98 Å². The molecule has 2 aromatic heterocycles. The zero-order valence-corrected chi connectivity index (χ0v) is 11.0. The van der Waals surface area contributed by atoms with Crippen molar-refractivity contribution in [2.45, 2.75) is 13.5 Å². The van der Waals surface area contributed by atoms with Crippen LogP contribution in [-0.4, -0.2) is 10.9 Å². The van der Waals surface area contributed by atoms with E-state index in [9.17, 15) is 4.79 Å². The summed E-state index contributed by atoms with van der Waals surface area (Å²) < 4.78 is 3.76. The summed E-state index contributed by atoms with van der Waals surface area (Å²) >= 11 is 0. The average Bonchev–Trinajstić information content (AvgIpc) is 2.36. The average molecular weight is 259 g/mol. The second-order valence-electron chi connectivity index (χ2n) is 4.44. The quantitative estimate of drug-likeness (QED) is 0.709. The van der Waals surface area contributed by atoms with Gasteiger partial charge < -0.3 is 11.5 Å². The lowest BCUT2D eigenvalue weighted by molar-refractivity contribution is -0.697. The van der Waals surface area contributed by atoms with Crippen LogP contribution >= 0.6 is 0 Å². The molecule has 1 amide bonds. The van der Waals surface area contributed by atoms with Gasteiger partial charge in [0.2, 0.25) is 0 Å². The molecular weight excluding hydrogens is 242 g/mol. The predicted octanol–water partition coefficient (Wildman–Crippen LogP) is -0.769. The number of aromatic nitrogens is 3. The summed E-state index contributed by atoms with van der Waals surface area (Å²) in [6, 6.07) is 3.45. The zero-order chi connectivity index (χ0) is 14.0. The number of anilines is 1. The predicted molar refractivity (Wildman–Crippen MR) is 68.8 cm³/mol. The van der Waals surface area contributed by atoms with Crippen LogP contribution in [-0.2, 0) is 13.6 Å². The zero-order valence-electron chi connectivity index (χ0n) is 11.0. The molecule has 6 nitrogen and oxygen atoms in total. The summed E-state index contributed by atoms with van der Waals surface area (Å²) in [6.07, 6.45) is 5.48. The molecule has 6 heteroatoms. The van der Waals surface area contributed by atoms with Gasteiger partial charge in [-0.1, -0.05) is 0 Å². The number of nitrogen functional groups attached to an aromatic ring is 1. The number of carbonyl (C=O) groups is 1. The smallest absolute Gasteiger partial charge is 0.297 e. The maximum Gasteiger partial charge on any atom is 0.297 e. The molecule has 0 aliphatic heterocycles. The first-order chi connectivity index (χ1) is 8.97. The minimum Gasteiger partial charge on any atom is -0.365 e. The molecule has 0 atom stereocenters. The van der Waals surface area contributed by atoms with Crippen molar-refractivity contribution < 1.29 is 13.9 Å². The van der Waals surface area contributed by atoms with Gasteiger partial charge in [0, 0.05) is 13.0 Å². The van der Waals surface area contributed by atoms with Gasteiger partial charge in [0.05, 0.1) is 7.05 Å². The van der Waals surface area contributed by atoms with Gasteiger partial charge in [0.1, 0.15) is 17.3 Å². The fourth-order valence-corrected chi connectivity index (χ4v) is 1.80. The van der Waals surface area contributed by atoms with Crippen molar-refractivity contribution in [1.29, 1.82) is 0 Å². The molecule has 2 rings (SSSR count). The van der Waals surface area contributed by atoms with Crippen molar-refractivity contribution in [3.63, 3.8) is 0 Å². The second kappa shape index (κ2) is 5.01. The van der Waals surface area contributed by atoms with E-state index in [0.29, 0.717) is 17.9 Å². The van der Waals surface area contributed by atoms with Gasteiger partial charge in [-0.25, -0.2) is 4.57 Å². The molecule has 0 saturated heterocycles. The minimum absolute atomic E-state index is 0.449. The van der Waals surface area contributed by atoms with E-state index in [1.807, 2.05) is 35.5 Å². The van der Waals surface area contributed by atoms with Crippen LogP contribution in [0.2, 0.25) is 0 Å². The molecule has 0 aromatic carbocycles. The second-order valence-corrected chi connectivity index (χ2v) is 4.44. The molecule has 0 spiro atoms. The molecule has 0 saturated carbocycles. The lowest BCUT2D eigenvalue weighted by Crippen LogP contribution is -2.39. The minimum atomic E-state index is -0.449. The highest BCUT2D eigenvalue weighted by Gasteiger charge is 2.16. The third-order valence-corrected chi connectivity index (χ3v) is 2.97. The normalized spacial score (nSPS) is 10.4. The number of primary amides is 1. The third kappa shape index (κ3) is 2.85. The number of pyridine rings is 1. The summed E-state index contributed by atoms with van der Waals surface area (Å²) in [5, 5.41) is 0. The van der Waals surface area contributed by atoms with Gasteiger partial charge in [-0.15, -0.1) is 0 Å². The third-order valence-electron chi connectivity index (χ3n) is 2.97. The topological polar surface area (TPSA) is 89.8 Å². The number of hydrogen-bond donors (Lipinski definition) is 2. The molecule has 4 N–H and O–H groups in total. The van der Waals surface area contributed by atoms with Gasteiger partial charge in [-0.2, -0.15) is 4.57 Å². The van der Waals surface area contributed by atoms with Crippen molar-refractivity contribution in [2.24, 2.45) is 12.8 Å². The summed E-state index contributed by atoms with van der Waals surface area (Å²) in [5.74, 6) is 0.889. The molecular formula is C13H17N5O+2. The Labute approximate surface area is 111 Å². The van der Waals surface area contributed by atoms with E-state index in [0.717, 1.165) is 11.4 Å². The van der Waals surface area contributed by atoms with Crippen LogP contribution < -0.4 is 20.6 Å². The Morgan fingerprint density at radius 2 is 2.16 bits per heavy atom. The summed E-state index contributed by atoms with van der Waals surface area (Å²) in [7, 11) is 1.91. The van der Waals surface area contributed by atoms with E-state index in [4.69, 9.17) is 11.5 Å². The maximum atomic E-state index is 11.1. The Hall–Kier alpha value is -2.50. The number of aryl methyl sites for hydroxylation is 2. The first kappa shape index (κ1) is 12.9. The Kier molecular flexibility index (Phi) is 3.41. The number of hydrogen-bond acceptors (Lipinski definition) is 3. The molecule has 98 valence electrons. The van der Waals surface area contributed by atoms with Crippen LogP contribution in [0.5, 0.6) is 0 Å². The van der Waals surface area contributed by atoms with Gasteiger partial charge in [-0.05, 0) is 11.1 Å². The highest BCUT2D eigenvalue weighted by molar-refractivity contribution is 5.92. The standard InChI is InChI=1S/C13H15N5O/c1-9-16-12(14)11(6-17(9)2)8-18-5-3-4-10(7-18)13(15)19/h3-7,14H,8H2,1-2H3,(H-,15,19)/p+2. The van der Waals surface area contributed by atoms with Crippen LogP contribution in [0, 0.1) is 6.92 Å². The molecule has 2 heterocycles. The maximum absolute atomic E-state index is 11.1. The SMILES string of the molecule is Cc1nc(N)c(C[n+]2cccc(C(N)=O)c2)c[n+]1C. The van der Waals surface area contributed by atoms with Crippen molar-refractivity contribution in [3.8, 4) is 0 Å². The molecule has 0 unspecified atom stereocenters. The molecule has 0 aliphatic rings. The van der Waals surface area contributed by atoms with E-state index < -0.39 is 5.91 Å². The molecule has 0 bridgehead atoms. The molecule has 19 heavy (non-hydrogen) atoms. The van der Waals surface area contributed by atoms with Crippen molar-refractivity contribution in [2.75, 3.05) is 5.73 Å². The highest BCUT2D eigenvalue weighted by Crippen LogP contribution is 2.05. The van der Waals surface area contributed by atoms with E-state index in [-0.39, 0.29) is 0 Å². The fraction of sp³-hybridized carbons (Fsp3) is 0.231.